The van der Waals surface area contributed by atoms with Gasteiger partial charge in [0.05, 0.1) is 11.8 Å². The summed E-state index contributed by atoms with van der Waals surface area (Å²) in [5.41, 5.74) is 9.12. The molecule has 0 fully saturated rings. The standard InChI is InChI=1S/C25H26N8.4C8H10S.4C2H6/c1-9-10(2)18-27-20-13(5)14(6)22-29-24-16(8)15(7)23-28-21-12(4)11(3)19-26-17(9)30(18)25(31(19)21,32(20)22)33(23)24;4*1-9(2)8-6-4-3-5-7-8;4*1-2/h9-10H,1-8H3;4*3-7H,1H2,2H3;4*1-2H3/q+2;;;;;;;;/t9-,10+,25?;;;;;;;;. The molecular formula is C65H90N8S4+2. The molecule has 0 amide bonds. The van der Waals surface area contributed by atoms with Gasteiger partial charge in [0.15, 0.2) is 0 Å². The predicted molar refractivity (Wildman–Crippen MR) is 352 cm³/mol. The van der Waals surface area contributed by atoms with Crippen LogP contribution in [0.2, 0.25) is 0 Å². The van der Waals surface area contributed by atoms with E-state index >= 15 is 0 Å². The summed E-state index contributed by atoms with van der Waals surface area (Å²) >= 11 is 0. The minimum absolute atomic E-state index is 0.171. The monoisotopic (exact) mass is 1110 g/mol. The van der Waals surface area contributed by atoms with Gasteiger partial charge < -0.3 is 0 Å². The van der Waals surface area contributed by atoms with Crippen LogP contribution in [0.25, 0.3) is 0 Å². The molecule has 12 heteroatoms. The minimum Gasteiger partial charge on any atom is -0.193 e. The van der Waals surface area contributed by atoms with Gasteiger partial charge in [0.25, 0.3) is 23.3 Å². The van der Waals surface area contributed by atoms with Crippen molar-refractivity contribution in [1.82, 2.24) is 9.13 Å². The Labute approximate surface area is 474 Å². The van der Waals surface area contributed by atoms with E-state index in [2.05, 4.69) is 171 Å². The number of rotatable bonds is 4. The average Bonchev–Trinajstić information content (AvgIpc) is 4.20. The molecule has 5 unspecified atom stereocenters. The van der Waals surface area contributed by atoms with Crippen LogP contribution in [0, 0.1) is 39.5 Å². The number of benzene rings is 4. The zero-order chi connectivity index (χ0) is 57.6. The van der Waals surface area contributed by atoms with Gasteiger partial charge in [0.1, 0.15) is 0 Å². The molecule has 0 bridgehead atoms. The van der Waals surface area contributed by atoms with E-state index in [1.807, 2.05) is 128 Å². The highest BCUT2D eigenvalue weighted by Crippen LogP contribution is 2.51. The molecule has 0 N–H and O–H groups in total. The first-order chi connectivity index (χ1) is 36.9. The first kappa shape index (κ1) is 63.9. The largest absolute Gasteiger partial charge is 0.404 e. The lowest BCUT2D eigenvalue weighted by Gasteiger charge is -2.41. The Morgan fingerprint density at radius 2 is 0.753 bits per heavy atom. The molecule has 6 aliphatic heterocycles. The van der Waals surface area contributed by atoms with E-state index in [0.29, 0.717) is 0 Å². The average molecular weight is 1110 g/mol. The van der Waals surface area contributed by atoms with Crippen LogP contribution in [0.3, 0.4) is 0 Å². The highest BCUT2D eigenvalue weighted by atomic mass is 32.2. The van der Waals surface area contributed by atoms with Gasteiger partial charge in [-0.25, -0.2) is 0 Å². The summed E-state index contributed by atoms with van der Waals surface area (Å²) in [6.45, 7) is 33.6. The molecule has 8 heterocycles. The summed E-state index contributed by atoms with van der Waals surface area (Å²) in [4.78, 5) is 26.4. The van der Waals surface area contributed by atoms with Gasteiger partial charge in [-0.15, -0.1) is 4.58 Å². The van der Waals surface area contributed by atoms with Gasteiger partial charge >= 0.3 is 5.91 Å². The number of aromatic nitrogens is 2. The smallest absolute Gasteiger partial charge is 0.193 e. The third-order valence-electron chi connectivity index (χ3n) is 13.6. The molecule has 0 radical (unpaired) electrons. The zero-order valence-electron chi connectivity index (χ0n) is 50.2. The Morgan fingerprint density at radius 1 is 0.416 bits per heavy atom. The Hall–Kier alpha value is -5.66. The second kappa shape index (κ2) is 28.8. The van der Waals surface area contributed by atoms with E-state index in [4.69, 9.17) is 20.0 Å². The van der Waals surface area contributed by atoms with Gasteiger partial charge in [-0.2, -0.15) is 55.6 Å². The Kier molecular flexibility index (Phi) is 23.9. The number of hydrogen-bond donors (Lipinski definition) is 0. The highest BCUT2D eigenvalue weighted by Gasteiger charge is 2.70. The maximum Gasteiger partial charge on any atom is 0.404 e. The molecule has 77 heavy (non-hydrogen) atoms. The first-order valence-electron chi connectivity index (χ1n) is 27.0. The van der Waals surface area contributed by atoms with Crippen molar-refractivity contribution < 1.29 is 9.15 Å². The van der Waals surface area contributed by atoms with E-state index in [9.17, 15) is 0 Å². The third kappa shape index (κ3) is 12.5. The fraction of sp³-hybridized carbons (Fsp3) is 0.354. The van der Waals surface area contributed by atoms with Crippen LogP contribution in [0.15, 0.2) is 172 Å². The lowest BCUT2D eigenvalue weighted by atomic mass is 9.97. The van der Waals surface area contributed by atoms with Crippen molar-refractivity contribution in [2.45, 2.75) is 136 Å². The van der Waals surface area contributed by atoms with Crippen LogP contribution >= 0.6 is 41.9 Å². The molecule has 412 valence electrons. The maximum atomic E-state index is 5.29. The molecule has 0 saturated carbocycles. The predicted octanol–water partition coefficient (Wildman–Crippen LogP) is 16.1. The van der Waals surface area contributed by atoms with Gasteiger partial charge in [0, 0.05) is 53.0 Å². The number of nitrogens with zero attached hydrogens (tertiary/aromatic N) is 8. The second-order valence-electron chi connectivity index (χ2n) is 18.2. The molecule has 2 aromatic heterocycles. The first-order valence-corrected chi connectivity index (χ1v) is 34.2. The van der Waals surface area contributed by atoms with E-state index in [1.165, 1.54) is 53.0 Å². The number of aliphatic imine (C=N–C) groups is 2. The normalized spacial score (nSPS) is 18.9. The highest BCUT2D eigenvalue weighted by molar-refractivity contribution is 8.14. The molecule has 4 aromatic carbocycles. The lowest BCUT2D eigenvalue weighted by Crippen LogP contribution is -2.71. The Bertz CT molecular complexity index is 3210. The van der Waals surface area contributed by atoms with Gasteiger partial charge in [-0.1, -0.05) is 185 Å². The summed E-state index contributed by atoms with van der Waals surface area (Å²) in [5.74, 6) is 21.7. The molecular weight excluding hydrogens is 1020 g/mol. The topological polar surface area (TPSA) is 65.3 Å². The van der Waals surface area contributed by atoms with Crippen molar-refractivity contribution in [3.63, 3.8) is 0 Å². The molecule has 6 aliphatic rings. The quantitative estimate of drug-likeness (QED) is 0.125. The van der Waals surface area contributed by atoms with Crippen LogP contribution in [0.5, 0.6) is 0 Å². The zero-order valence-corrected chi connectivity index (χ0v) is 53.5. The van der Waals surface area contributed by atoms with Gasteiger partial charge in [-0.3, -0.25) is 0 Å². The van der Waals surface area contributed by atoms with E-state index in [1.54, 1.807) is 0 Å². The molecule has 8 nitrogen and oxygen atoms in total. The van der Waals surface area contributed by atoms with Gasteiger partial charge in [-0.05, 0) is 115 Å². The summed E-state index contributed by atoms with van der Waals surface area (Å²) in [6, 6.07) is 41.3. The summed E-state index contributed by atoms with van der Waals surface area (Å²) in [6.07, 6.45) is 8.48. The van der Waals surface area contributed by atoms with Crippen molar-refractivity contribution in [3.05, 3.63) is 166 Å². The lowest BCUT2D eigenvalue weighted by molar-refractivity contribution is -0.791. The minimum atomic E-state index is -0.715. The SMILES string of the molecule is C=S(C)c1ccccc1.C=S(C)c1ccccc1.C=S(C)c1ccccc1.C=S(C)c1ccccc1.CC.CC.CC.CC.CC1=C(C)C2=[N+]3C1=Nc1c(C)c(C)c4n1C31n3c(c(C)c(C)c3=NC3=[N+]1C(=N4)[C@@H](C)[C@H]3C)=N2. The van der Waals surface area contributed by atoms with E-state index < -0.39 is 5.91 Å². The van der Waals surface area contributed by atoms with E-state index in [0.717, 1.165) is 46.0 Å². The van der Waals surface area contributed by atoms with Crippen LogP contribution < -0.4 is 11.0 Å². The molecule has 6 aromatic rings. The molecule has 12 rings (SSSR count). The van der Waals surface area contributed by atoms with Crippen molar-refractivity contribution in [3.8, 4) is 0 Å². The van der Waals surface area contributed by atoms with Crippen molar-refractivity contribution >= 4 is 100 Å². The molecule has 1 spiro atoms. The van der Waals surface area contributed by atoms with Crippen LogP contribution in [-0.4, -0.2) is 90.1 Å². The fourth-order valence-corrected chi connectivity index (χ4v) is 11.7. The van der Waals surface area contributed by atoms with Crippen LogP contribution in [0.4, 0.5) is 11.6 Å². The molecule has 0 saturated heterocycles. The van der Waals surface area contributed by atoms with Crippen LogP contribution in [-0.2, 0) is 5.91 Å². The van der Waals surface area contributed by atoms with E-state index in [-0.39, 0.29) is 53.8 Å². The Balaban J connectivity index is 0.000000239. The maximum absolute atomic E-state index is 5.29. The summed E-state index contributed by atoms with van der Waals surface area (Å²) in [5, 5.41) is 0. The van der Waals surface area contributed by atoms with Crippen molar-refractivity contribution in [2.24, 2.45) is 31.8 Å². The summed E-state index contributed by atoms with van der Waals surface area (Å²) in [7, 11) is 0.684. The number of amidine groups is 4. The van der Waals surface area contributed by atoms with Crippen molar-refractivity contribution in [1.29, 1.82) is 0 Å². The number of hydrogen-bond acceptors (Lipinski definition) is 4. The molecule has 0 aliphatic carbocycles. The fourth-order valence-electron chi connectivity index (χ4n) is 9.18. The second-order valence-corrected chi connectivity index (χ2v) is 25.2. The third-order valence-corrected chi connectivity index (χ3v) is 17.9. The molecule has 7 atom stereocenters. The van der Waals surface area contributed by atoms with Gasteiger partial charge in [0.2, 0.25) is 22.6 Å². The van der Waals surface area contributed by atoms with Crippen LogP contribution in [0.1, 0.15) is 105 Å². The summed E-state index contributed by atoms with van der Waals surface area (Å²) < 4.78 is 9.48. The Morgan fingerprint density at radius 3 is 1.09 bits per heavy atom. The van der Waals surface area contributed by atoms with Crippen molar-refractivity contribution in [2.75, 3.05) is 25.0 Å².